The lowest BCUT2D eigenvalue weighted by Crippen LogP contribution is -2.32. The SMILES string of the molecule is C/C(Cl)=C(\C=N/NC=O)N1CCc2c(ncn2Cc2ccccc2)C1.CC=N. The Kier molecular flexibility index (Phi) is 8.42. The lowest BCUT2D eigenvalue weighted by atomic mass is 10.1. The number of carbonyl (C=O) groups is 1. The average Bonchev–Trinajstić information content (AvgIpc) is 3.08. The van der Waals surface area contributed by atoms with Crippen LogP contribution in [-0.4, -0.2) is 39.8 Å². The zero-order chi connectivity index (χ0) is 20.4. The van der Waals surface area contributed by atoms with Crippen LogP contribution in [0.3, 0.4) is 0 Å². The minimum absolute atomic E-state index is 0.525. The van der Waals surface area contributed by atoms with Crippen LogP contribution in [0.2, 0.25) is 0 Å². The molecule has 0 spiro atoms. The fourth-order valence-electron chi connectivity index (χ4n) is 3.01. The van der Waals surface area contributed by atoms with E-state index in [2.05, 4.69) is 37.1 Å². The number of halogens is 1. The van der Waals surface area contributed by atoms with Gasteiger partial charge in [-0.15, -0.1) is 0 Å². The number of hydrogen-bond donors (Lipinski definition) is 2. The number of carbonyl (C=O) groups excluding carboxylic acids is 1. The lowest BCUT2D eigenvalue weighted by molar-refractivity contribution is -0.109. The van der Waals surface area contributed by atoms with E-state index in [0.717, 1.165) is 30.9 Å². The predicted octanol–water partition coefficient (Wildman–Crippen LogP) is 3.15. The molecule has 7 nitrogen and oxygen atoms in total. The van der Waals surface area contributed by atoms with Gasteiger partial charge in [-0.05, 0) is 25.6 Å². The Balaban J connectivity index is 0.000000878. The smallest absolute Gasteiger partial charge is 0.227 e. The van der Waals surface area contributed by atoms with Crippen molar-refractivity contribution in [1.82, 2.24) is 19.9 Å². The highest BCUT2D eigenvalue weighted by molar-refractivity contribution is 6.30. The summed E-state index contributed by atoms with van der Waals surface area (Å²) in [5, 5.41) is 10.6. The minimum atomic E-state index is 0.525. The van der Waals surface area contributed by atoms with Gasteiger partial charge in [0.1, 0.15) is 0 Å². The fourth-order valence-corrected chi connectivity index (χ4v) is 3.18. The van der Waals surface area contributed by atoms with E-state index in [1.807, 2.05) is 31.5 Å². The van der Waals surface area contributed by atoms with E-state index in [1.54, 1.807) is 13.1 Å². The van der Waals surface area contributed by atoms with Crippen LogP contribution in [0.4, 0.5) is 0 Å². The molecule has 0 saturated carbocycles. The van der Waals surface area contributed by atoms with Gasteiger partial charge in [-0.2, -0.15) is 5.10 Å². The number of nitrogens with zero attached hydrogens (tertiary/aromatic N) is 4. The summed E-state index contributed by atoms with van der Waals surface area (Å²) in [4.78, 5) is 17.1. The minimum Gasteiger partial charge on any atom is -0.363 e. The van der Waals surface area contributed by atoms with Gasteiger partial charge in [0.15, 0.2) is 0 Å². The molecule has 0 bridgehead atoms. The second-order valence-electron chi connectivity index (χ2n) is 6.14. The van der Waals surface area contributed by atoms with Crippen molar-refractivity contribution in [3.05, 3.63) is 64.3 Å². The van der Waals surface area contributed by atoms with Crippen molar-refractivity contribution in [1.29, 1.82) is 5.41 Å². The zero-order valence-electron chi connectivity index (χ0n) is 16.1. The summed E-state index contributed by atoms with van der Waals surface area (Å²) >= 11 is 6.20. The normalized spacial score (nSPS) is 13.9. The van der Waals surface area contributed by atoms with Gasteiger partial charge in [0, 0.05) is 30.2 Å². The van der Waals surface area contributed by atoms with Gasteiger partial charge in [0.05, 0.1) is 30.5 Å². The van der Waals surface area contributed by atoms with Crippen LogP contribution in [0.15, 0.2) is 52.5 Å². The number of nitrogens with one attached hydrogen (secondary N) is 2. The summed E-state index contributed by atoms with van der Waals surface area (Å²) in [6, 6.07) is 10.4. The maximum Gasteiger partial charge on any atom is 0.227 e. The van der Waals surface area contributed by atoms with Gasteiger partial charge in [0.25, 0.3) is 0 Å². The van der Waals surface area contributed by atoms with Crippen molar-refractivity contribution < 1.29 is 4.79 Å². The van der Waals surface area contributed by atoms with E-state index < -0.39 is 0 Å². The van der Waals surface area contributed by atoms with Crippen LogP contribution in [-0.2, 0) is 24.3 Å². The molecule has 0 saturated heterocycles. The molecule has 2 heterocycles. The average molecular weight is 401 g/mol. The number of hydrogen-bond acceptors (Lipinski definition) is 5. The highest BCUT2D eigenvalue weighted by Gasteiger charge is 2.22. The summed E-state index contributed by atoms with van der Waals surface area (Å²) in [6.45, 7) is 5.79. The second-order valence-corrected chi connectivity index (χ2v) is 6.70. The van der Waals surface area contributed by atoms with E-state index in [1.165, 1.54) is 17.5 Å². The Hall–Kier alpha value is -2.93. The molecule has 28 heavy (non-hydrogen) atoms. The Morgan fingerprint density at radius 1 is 1.39 bits per heavy atom. The number of imidazole rings is 1. The van der Waals surface area contributed by atoms with Crippen LogP contribution >= 0.6 is 11.6 Å². The molecule has 1 aromatic carbocycles. The topological polar surface area (TPSA) is 86.4 Å². The first-order valence-electron chi connectivity index (χ1n) is 8.96. The third kappa shape index (κ3) is 5.79. The molecule has 8 heteroatoms. The Morgan fingerprint density at radius 3 is 2.75 bits per heavy atom. The highest BCUT2D eigenvalue weighted by atomic mass is 35.5. The van der Waals surface area contributed by atoms with Gasteiger partial charge in [-0.1, -0.05) is 41.9 Å². The molecular formula is C20H25ClN6O. The molecule has 0 unspecified atom stereocenters. The maximum atomic E-state index is 10.3. The number of amides is 1. The molecule has 0 radical (unpaired) electrons. The monoisotopic (exact) mass is 400 g/mol. The van der Waals surface area contributed by atoms with E-state index in [4.69, 9.17) is 17.0 Å². The Labute approximate surface area is 170 Å². The Bertz CT molecular complexity index is 840. The van der Waals surface area contributed by atoms with Crippen LogP contribution in [0.5, 0.6) is 0 Å². The van der Waals surface area contributed by atoms with Gasteiger partial charge >= 0.3 is 0 Å². The molecule has 1 aliphatic heterocycles. The van der Waals surface area contributed by atoms with Gasteiger partial charge in [-0.25, -0.2) is 10.4 Å². The molecule has 2 aromatic rings. The molecule has 1 amide bonds. The van der Waals surface area contributed by atoms with Crippen LogP contribution in [0, 0.1) is 5.41 Å². The number of allylic oxidation sites excluding steroid dienone is 2. The van der Waals surface area contributed by atoms with E-state index >= 15 is 0 Å². The first-order chi connectivity index (χ1) is 13.6. The third-order valence-electron chi connectivity index (χ3n) is 4.20. The first kappa shape index (κ1) is 21.4. The van der Waals surface area contributed by atoms with Crippen molar-refractivity contribution in [3.8, 4) is 0 Å². The van der Waals surface area contributed by atoms with E-state index in [-0.39, 0.29) is 0 Å². The summed E-state index contributed by atoms with van der Waals surface area (Å²) in [5.74, 6) is 0. The molecule has 148 valence electrons. The maximum absolute atomic E-state index is 10.3. The summed E-state index contributed by atoms with van der Waals surface area (Å²) in [6.07, 6.45) is 6.13. The van der Waals surface area contributed by atoms with E-state index in [9.17, 15) is 4.79 Å². The quantitative estimate of drug-likeness (QED) is 0.443. The molecular weight excluding hydrogens is 376 g/mol. The van der Waals surface area contributed by atoms with Crippen LogP contribution in [0.1, 0.15) is 30.8 Å². The number of fused-ring (bicyclic) bond motifs is 1. The second kappa shape index (κ2) is 11.0. The largest absolute Gasteiger partial charge is 0.363 e. The van der Waals surface area contributed by atoms with Crippen molar-refractivity contribution in [3.63, 3.8) is 0 Å². The van der Waals surface area contributed by atoms with Gasteiger partial charge in [0.2, 0.25) is 6.41 Å². The summed E-state index contributed by atoms with van der Waals surface area (Å²) in [5.41, 5.74) is 6.63. The van der Waals surface area contributed by atoms with Crippen molar-refractivity contribution in [2.75, 3.05) is 6.54 Å². The molecule has 3 rings (SSSR count). The first-order valence-corrected chi connectivity index (χ1v) is 9.34. The number of benzene rings is 1. The fraction of sp³-hybridized carbons (Fsp3) is 0.300. The molecule has 1 aromatic heterocycles. The number of rotatable bonds is 6. The molecule has 0 fully saturated rings. The van der Waals surface area contributed by atoms with Crippen LogP contribution < -0.4 is 5.43 Å². The van der Waals surface area contributed by atoms with Crippen molar-refractivity contribution in [2.45, 2.75) is 33.4 Å². The highest BCUT2D eigenvalue weighted by Crippen LogP contribution is 2.23. The Morgan fingerprint density at radius 2 is 2.11 bits per heavy atom. The predicted molar refractivity (Wildman–Crippen MR) is 113 cm³/mol. The number of aromatic nitrogens is 2. The molecule has 0 atom stereocenters. The van der Waals surface area contributed by atoms with E-state index in [0.29, 0.717) is 18.0 Å². The van der Waals surface area contributed by atoms with Crippen LogP contribution in [0.25, 0.3) is 0 Å². The summed E-state index contributed by atoms with van der Waals surface area (Å²) < 4.78 is 2.21. The van der Waals surface area contributed by atoms with Gasteiger partial charge < -0.3 is 14.9 Å². The number of hydrazone groups is 1. The third-order valence-corrected chi connectivity index (χ3v) is 4.39. The zero-order valence-corrected chi connectivity index (χ0v) is 16.9. The lowest BCUT2D eigenvalue weighted by Gasteiger charge is -2.30. The molecule has 0 aliphatic carbocycles. The standard InChI is InChI=1S/C18H20ClN5O.C2H5N/c1-14(19)18(9-21-22-13-25)23-8-7-17-16(11-23)20-12-24(17)10-15-5-3-2-4-6-15;1-2-3/h2-6,9,12-13H,7-8,10-11H2,1H3,(H,22,25);2-3H,1H3/b18-14-,21-9-;. The van der Waals surface area contributed by atoms with Crippen molar-refractivity contribution >= 4 is 30.4 Å². The molecule has 1 aliphatic rings. The van der Waals surface area contributed by atoms with Gasteiger partial charge in [-0.3, -0.25) is 4.79 Å². The summed E-state index contributed by atoms with van der Waals surface area (Å²) in [7, 11) is 0. The van der Waals surface area contributed by atoms with Crippen molar-refractivity contribution in [2.24, 2.45) is 5.10 Å². The molecule has 2 N–H and O–H groups in total.